The molecular weight excluding hydrogens is 192 g/mol. The molecule has 0 bridgehead atoms. The lowest BCUT2D eigenvalue weighted by Crippen LogP contribution is -2.06. The molecular formula is C12H14O3. The summed E-state index contributed by atoms with van der Waals surface area (Å²) in [7, 11) is 0. The molecule has 0 aliphatic heterocycles. The highest BCUT2D eigenvalue weighted by Gasteiger charge is 2.11. The van der Waals surface area contributed by atoms with Crippen LogP contribution in [0, 0.1) is 5.92 Å². The van der Waals surface area contributed by atoms with Crippen LogP contribution in [0.3, 0.4) is 0 Å². The summed E-state index contributed by atoms with van der Waals surface area (Å²) in [6.07, 6.45) is 1.62. The van der Waals surface area contributed by atoms with E-state index in [1.807, 2.05) is 13.8 Å². The lowest BCUT2D eigenvalue weighted by molar-refractivity contribution is -0.133. The zero-order chi connectivity index (χ0) is 11.4. The first-order valence-corrected chi connectivity index (χ1v) is 4.74. The highest BCUT2D eigenvalue weighted by atomic mass is 16.4. The number of carboxylic acids is 1. The molecule has 0 unspecified atom stereocenters. The van der Waals surface area contributed by atoms with Gasteiger partial charge in [-0.05, 0) is 29.7 Å². The first-order chi connectivity index (χ1) is 7.00. The van der Waals surface area contributed by atoms with E-state index in [0.717, 1.165) is 5.56 Å². The third-order valence-electron chi connectivity index (χ3n) is 2.08. The molecule has 0 spiro atoms. The zero-order valence-electron chi connectivity index (χ0n) is 8.77. The van der Waals surface area contributed by atoms with E-state index in [2.05, 4.69) is 0 Å². The summed E-state index contributed by atoms with van der Waals surface area (Å²) in [5.41, 5.74) is 1.14. The molecule has 0 saturated heterocycles. The van der Waals surface area contributed by atoms with E-state index in [9.17, 15) is 4.79 Å². The Hall–Kier alpha value is -1.77. The molecule has 80 valence electrons. The third kappa shape index (κ3) is 3.13. The van der Waals surface area contributed by atoms with Crippen LogP contribution in [0.5, 0.6) is 5.75 Å². The number of carbonyl (C=O) groups is 1. The first kappa shape index (κ1) is 11.3. The second kappa shape index (κ2) is 4.64. The van der Waals surface area contributed by atoms with Gasteiger partial charge in [0.2, 0.25) is 0 Å². The topological polar surface area (TPSA) is 57.5 Å². The average molecular weight is 206 g/mol. The number of aliphatic carboxylic acids is 1. The van der Waals surface area contributed by atoms with Crippen molar-refractivity contribution in [2.24, 2.45) is 5.92 Å². The number of phenolic OH excluding ortho intramolecular Hbond substituents is 1. The third-order valence-corrected chi connectivity index (χ3v) is 2.08. The SMILES string of the molecule is CC(C)/C(=C/c1ccc(O)cc1)C(=O)O. The van der Waals surface area contributed by atoms with Crippen molar-refractivity contribution < 1.29 is 15.0 Å². The number of hydrogen-bond acceptors (Lipinski definition) is 2. The minimum atomic E-state index is -0.905. The normalized spacial score (nSPS) is 11.8. The van der Waals surface area contributed by atoms with Gasteiger partial charge in [-0.1, -0.05) is 26.0 Å². The fourth-order valence-corrected chi connectivity index (χ4v) is 1.23. The van der Waals surface area contributed by atoms with E-state index in [-0.39, 0.29) is 11.7 Å². The monoisotopic (exact) mass is 206 g/mol. The number of carboxylic acid groups (broad SMARTS) is 1. The maximum atomic E-state index is 10.9. The van der Waals surface area contributed by atoms with Crippen LogP contribution in [-0.2, 0) is 4.79 Å². The molecule has 0 aromatic heterocycles. The number of benzene rings is 1. The van der Waals surface area contributed by atoms with Crippen molar-refractivity contribution in [2.45, 2.75) is 13.8 Å². The highest BCUT2D eigenvalue weighted by molar-refractivity contribution is 5.92. The maximum absolute atomic E-state index is 10.9. The van der Waals surface area contributed by atoms with E-state index in [1.54, 1.807) is 18.2 Å². The summed E-state index contributed by atoms with van der Waals surface area (Å²) in [5, 5.41) is 18.0. The molecule has 15 heavy (non-hydrogen) atoms. The zero-order valence-corrected chi connectivity index (χ0v) is 8.77. The van der Waals surface area contributed by atoms with Crippen LogP contribution in [0.25, 0.3) is 6.08 Å². The van der Waals surface area contributed by atoms with Gasteiger partial charge >= 0.3 is 5.97 Å². The average Bonchev–Trinajstić information content (AvgIpc) is 2.15. The Morgan fingerprint density at radius 2 is 1.80 bits per heavy atom. The Morgan fingerprint density at radius 3 is 2.20 bits per heavy atom. The number of rotatable bonds is 3. The van der Waals surface area contributed by atoms with E-state index in [4.69, 9.17) is 10.2 Å². The van der Waals surface area contributed by atoms with Crippen molar-refractivity contribution in [3.05, 3.63) is 35.4 Å². The summed E-state index contributed by atoms with van der Waals surface area (Å²) >= 11 is 0. The van der Waals surface area contributed by atoms with Crippen molar-refractivity contribution in [3.63, 3.8) is 0 Å². The van der Waals surface area contributed by atoms with Crippen molar-refractivity contribution in [3.8, 4) is 5.75 Å². The molecule has 0 atom stereocenters. The Bertz CT molecular complexity index is 374. The summed E-state index contributed by atoms with van der Waals surface area (Å²) in [5.74, 6) is -0.761. The summed E-state index contributed by atoms with van der Waals surface area (Å²) in [6.45, 7) is 3.67. The summed E-state index contributed by atoms with van der Waals surface area (Å²) in [4.78, 5) is 10.9. The molecule has 1 aromatic carbocycles. The van der Waals surface area contributed by atoms with Gasteiger partial charge in [0.25, 0.3) is 0 Å². The molecule has 2 N–H and O–H groups in total. The highest BCUT2D eigenvalue weighted by Crippen LogP contribution is 2.17. The lowest BCUT2D eigenvalue weighted by Gasteiger charge is -2.05. The Labute approximate surface area is 88.7 Å². The van der Waals surface area contributed by atoms with Gasteiger partial charge in [0.15, 0.2) is 0 Å². The fourth-order valence-electron chi connectivity index (χ4n) is 1.23. The fraction of sp³-hybridized carbons (Fsp3) is 0.250. The van der Waals surface area contributed by atoms with Gasteiger partial charge in [-0.2, -0.15) is 0 Å². The molecule has 0 fully saturated rings. The molecule has 0 amide bonds. The molecule has 0 radical (unpaired) electrons. The molecule has 1 aromatic rings. The second-order valence-electron chi connectivity index (χ2n) is 3.65. The number of hydrogen-bond donors (Lipinski definition) is 2. The van der Waals surface area contributed by atoms with E-state index >= 15 is 0 Å². The quantitative estimate of drug-likeness (QED) is 0.747. The smallest absolute Gasteiger partial charge is 0.331 e. The van der Waals surface area contributed by atoms with Crippen LogP contribution in [0.4, 0.5) is 0 Å². The first-order valence-electron chi connectivity index (χ1n) is 4.74. The van der Waals surface area contributed by atoms with Gasteiger partial charge in [0.1, 0.15) is 5.75 Å². The van der Waals surface area contributed by atoms with Crippen LogP contribution in [0.2, 0.25) is 0 Å². The van der Waals surface area contributed by atoms with Gasteiger partial charge in [-0.25, -0.2) is 4.79 Å². The van der Waals surface area contributed by atoms with Crippen LogP contribution < -0.4 is 0 Å². The summed E-state index contributed by atoms with van der Waals surface area (Å²) < 4.78 is 0. The molecule has 0 aliphatic rings. The minimum Gasteiger partial charge on any atom is -0.508 e. The molecule has 3 nitrogen and oxygen atoms in total. The van der Waals surface area contributed by atoms with Crippen molar-refractivity contribution in [1.82, 2.24) is 0 Å². The minimum absolute atomic E-state index is 0.0312. The maximum Gasteiger partial charge on any atom is 0.331 e. The second-order valence-corrected chi connectivity index (χ2v) is 3.65. The van der Waals surface area contributed by atoms with Crippen molar-refractivity contribution in [2.75, 3.05) is 0 Å². The van der Waals surface area contributed by atoms with Crippen molar-refractivity contribution in [1.29, 1.82) is 0 Å². The Balaban J connectivity index is 3.02. The molecule has 0 aliphatic carbocycles. The molecule has 1 rings (SSSR count). The largest absolute Gasteiger partial charge is 0.508 e. The number of phenols is 1. The molecule has 0 saturated carbocycles. The summed E-state index contributed by atoms with van der Waals surface area (Å²) in [6, 6.07) is 6.43. The van der Waals surface area contributed by atoms with E-state index in [1.165, 1.54) is 12.1 Å². The van der Waals surface area contributed by atoms with Crippen LogP contribution in [0.1, 0.15) is 19.4 Å². The Kier molecular flexibility index (Phi) is 3.50. The van der Waals surface area contributed by atoms with Gasteiger partial charge < -0.3 is 10.2 Å². The molecule has 3 heteroatoms. The van der Waals surface area contributed by atoms with Crippen molar-refractivity contribution >= 4 is 12.0 Å². The lowest BCUT2D eigenvalue weighted by atomic mass is 10.0. The molecule has 0 heterocycles. The predicted molar refractivity (Wildman–Crippen MR) is 58.6 cm³/mol. The van der Waals surface area contributed by atoms with Crippen LogP contribution in [-0.4, -0.2) is 16.2 Å². The predicted octanol–water partition coefficient (Wildman–Crippen LogP) is 2.52. The van der Waals surface area contributed by atoms with Crippen LogP contribution >= 0.6 is 0 Å². The van der Waals surface area contributed by atoms with E-state index in [0.29, 0.717) is 5.57 Å². The standard InChI is InChI=1S/C12H14O3/c1-8(2)11(12(14)15)7-9-3-5-10(13)6-4-9/h3-8,13H,1-2H3,(H,14,15)/b11-7-. The van der Waals surface area contributed by atoms with Gasteiger partial charge in [-0.15, -0.1) is 0 Å². The van der Waals surface area contributed by atoms with Gasteiger partial charge in [0.05, 0.1) is 0 Å². The Morgan fingerprint density at radius 1 is 1.27 bits per heavy atom. The number of aromatic hydroxyl groups is 1. The van der Waals surface area contributed by atoms with Gasteiger partial charge in [-0.3, -0.25) is 0 Å². The van der Waals surface area contributed by atoms with Gasteiger partial charge in [0, 0.05) is 5.57 Å². The van der Waals surface area contributed by atoms with E-state index < -0.39 is 5.97 Å². The van der Waals surface area contributed by atoms with Crippen LogP contribution in [0.15, 0.2) is 29.8 Å².